The number of aromatic nitrogens is 1. The summed E-state index contributed by atoms with van der Waals surface area (Å²) < 4.78 is 60.4. The maximum absolute atomic E-state index is 13.0. The Kier molecular flexibility index (Phi) is 33.1. The fourth-order valence-corrected chi connectivity index (χ4v) is 7.73. The molecule has 1 heterocycles. The molecular weight excluding hydrogens is 927 g/mol. The maximum Gasteiger partial charge on any atom is 0.329 e. The van der Waals surface area contributed by atoms with E-state index in [0.29, 0.717) is 57.7 Å². The summed E-state index contributed by atoms with van der Waals surface area (Å²) in [5, 5.41) is 16.7. The lowest BCUT2D eigenvalue weighted by Crippen LogP contribution is -2.31. The van der Waals surface area contributed by atoms with Crippen molar-refractivity contribution in [2.24, 2.45) is 0 Å². The Morgan fingerprint density at radius 3 is 1.66 bits per heavy atom. The van der Waals surface area contributed by atoms with Gasteiger partial charge in [-0.1, -0.05) is 77.0 Å². The molecule has 1 aromatic heterocycles. The highest BCUT2D eigenvalue weighted by molar-refractivity contribution is 7.92. The average molecular weight is 1010 g/mol. The molecule has 70 heavy (non-hydrogen) atoms. The third kappa shape index (κ3) is 33.6. The minimum absolute atomic E-state index is 0.0612. The number of carbonyl (C=O) groups excluding carboxylic acids is 4. The number of anilines is 1. The third-order valence-electron chi connectivity index (χ3n) is 10.3. The zero-order valence-electron chi connectivity index (χ0n) is 41.9. The number of pyridine rings is 1. The second kappa shape index (κ2) is 37.9. The second-order valence-corrected chi connectivity index (χ2v) is 19.5. The minimum Gasteiger partial charge on any atom is -0.494 e. The molecule has 0 saturated carbocycles. The summed E-state index contributed by atoms with van der Waals surface area (Å²) in [5.41, 5.74) is -0.123. The summed E-state index contributed by atoms with van der Waals surface area (Å²) in [6.07, 6.45) is 19.3. The van der Waals surface area contributed by atoms with Gasteiger partial charge in [-0.25, -0.2) is 18.2 Å². The van der Waals surface area contributed by atoms with Crippen LogP contribution in [-0.4, -0.2) is 133 Å². The van der Waals surface area contributed by atoms with E-state index in [9.17, 15) is 32.4 Å². The number of hydrogen-bond donors (Lipinski definition) is 5. The van der Waals surface area contributed by atoms with Crippen molar-refractivity contribution in [3.05, 3.63) is 48.2 Å². The van der Waals surface area contributed by atoms with Gasteiger partial charge in [0.25, 0.3) is 15.9 Å². The fraction of sp³-hybridized carbons (Fsp3) is 0.680. The Labute approximate surface area is 415 Å². The van der Waals surface area contributed by atoms with Crippen molar-refractivity contribution in [2.75, 3.05) is 83.8 Å². The smallest absolute Gasteiger partial charge is 0.329 e. The number of nitrogens with zero attached hydrogens (tertiary/aromatic N) is 1. The maximum atomic E-state index is 13.0. The molecule has 20 heteroatoms. The van der Waals surface area contributed by atoms with Crippen LogP contribution >= 0.6 is 0 Å². The highest BCUT2D eigenvalue weighted by Crippen LogP contribution is 2.20. The molecule has 0 aliphatic rings. The molecule has 2 aromatic rings. The Hall–Kier alpha value is -4.89. The molecule has 0 spiro atoms. The van der Waals surface area contributed by atoms with Gasteiger partial charge >= 0.3 is 11.9 Å². The van der Waals surface area contributed by atoms with E-state index in [1.165, 1.54) is 88.2 Å². The van der Waals surface area contributed by atoms with Gasteiger partial charge in [-0.05, 0) is 82.9 Å². The number of ether oxygens (including phenoxy) is 6. The lowest BCUT2D eigenvalue weighted by atomic mass is 10.0. The summed E-state index contributed by atoms with van der Waals surface area (Å²) in [6.45, 7) is 8.14. The first kappa shape index (κ1) is 61.2. The Morgan fingerprint density at radius 2 is 1.09 bits per heavy atom. The second-order valence-electron chi connectivity index (χ2n) is 17.8. The van der Waals surface area contributed by atoms with Crippen molar-refractivity contribution in [1.82, 2.24) is 20.9 Å². The van der Waals surface area contributed by atoms with E-state index in [0.717, 1.165) is 32.1 Å². The molecule has 0 bridgehead atoms. The van der Waals surface area contributed by atoms with Gasteiger partial charge in [-0.3, -0.25) is 23.9 Å². The normalized spacial score (nSPS) is 11.5. The summed E-state index contributed by atoms with van der Waals surface area (Å²) in [5.74, 6) is -1.23. The van der Waals surface area contributed by atoms with Crippen molar-refractivity contribution in [1.29, 1.82) is 0 Å². The van der Waals surface area contributed by atoms with Crippen molar-refractivity contribution in [3.8, 4) is 5.75 Å². The molecule has 3 amide bonds. The molecule has 0 aliphatic heterocycles. The van der Waals surface area contributed by atoms with Crippen LogP contribution < -0.4 is 25.4 Å². The van der Waals surface area contributed by atoms with E-state index in [2.05, 4.69) is 25.7 Å². The molecule has 0 radical (unpaired) electrons. The largest absolute Gasteiger partial charge is 0.494 e. The van der Waals surface area contributed by atoms with E-state index in [1.807, 2.05) is 20.8 Å². The van der Waals surface area contributed by atoms with E-state index in [4.69, 9.17) is 33.5 Å². The number of hydrogen-bond acceptors (Lipinski definition) is 14. The van der Waals surface area contributed by atoms with Crippen LogP contribution in [0.1, 0.15) is 147 Å². The van der Waals surface area contributed by atoms with Crippen molar-refractivity contribution in [3.63, 3.8) is 0 Å². The molecule has 0 unspecified atom stereocenters. The summed E-state index contributed by atoms with van der Waals surface area (Å²) >= 11 is 0. The molecule has 0 saturated heterocycles. The molecule has 396 valence electrons. The highest BCUT2D eigenvalue weighted by Gasteiger charge is 2.17. The van der Waals surface area contributed by atoms with Crippen molar-refractivity contribution in [2.45, 2.75) is 147 Å². The standard InChI is InChI=1S/C50H81N5O14S/c1-50(2,3)69-48(60)21-17-13-11-9-7-5-4-6-8-10-12-14-19-31-68-42-23-25-43(26-24-42)70(62,63)55-44-27-22-41(38-54-44)49(61)53-28-18-15-16-20-45(56)51-29-32-64-34-36-66-39-46(57)52-30-33-65-35-37-67-40-47(58)59/h22-27,38H,4-21,28-37,39-40H2,1-3H3,(H,51,56)(H,52,57)(H,53,61)(H,54,55)(H,58,59). The fourth-order valence-electron chi connectivity index (χ4n) is 6.72. The summed E-state index contributed by atoms with van der Waals surface area (Å²) in [4.78, 5) is 62.8. The van der Waals surface area contributed by atoms with Gasteiger partial charge in [0.15, 0.2) is 0 Å². The van der Waals surface area contributed by atoms with Crippen LogP contribution in [0.3, 0.4) is 0 Å². The van der Waals surface area contributed by atoms with Crippen LogP contribution in [-0.2, 0) is 52.9 Å². The Balaban J connectivity index is 1.43. The van der Waals surface area contributed by atoms with Crippen LogP contribution in [0.25, 0.3) is 0 Å². The highest BCUT2D eigenvalue weighted by atomic mass is 32.2. The van der Waals surface area contributed by atoms with Gasteiger partial charge in [-0.15, -0.1) is 0 Å². The number of carboxylic acid groups (broad SMARTS) is 1. The molecule has 19 nitrogen and oxygen atoms in total. The van der Waals surface area contributed by atoms with E-state index >= 15 is 0 Å². The first-order valence-electron chi connectivity index (χ1n) is 24.9. The van der Waals surface area contributed by atoms with Gasteiger partial charge in [0.2, 0.25) is 11.8 Å². The third-order valence-corrected chi connectivity index (χ3v) is 11.7. The summed E-state index contributed by atoms with van der Waals surface area (Å²) in [6, 6.07) is 9.17. The van der Waals surface area contributed by atoms with Gasteiger partial charge < -0.3 is 49.5 Å². The quantitative estimate of drug-likeness (QED) is 0.0341. The van der Waals surface area contributed by atoms with E-state index < -0.39 is 21.6 Å². The number of carboxylic acids is 1. The minimum atomic E-state index is -3.92. The molecule has 1 aromatic carbocycles. The van der Waals surface area contributed by atoms with Crippen molar-refractivity contribution < 1.29 is 65.9 Å². The summed E-state index contributed by atoms with van der Waals surface area (Å²) in [7, 11) is -3.92. The molecule has 2 rings (SSSR count). The van der Waals surface area contributed by atoms with Crippen LogP contribution in [0.5, 0.6) is 5.75 Å². The van der Waals surface area contributed by atoms with Gasteiger partial charge in [0.1, 0.15) is 30.4 Å². The zero-order chi connectivity index (χ0) is 51.1. The number of esters is 1. The zero-order valence-corrected chi connectivity index (χ0v) is 42.7. The van der Waals surface area contributed by atoms with E-state index in [-0.39, 0.29) is 92.8 Å². The van der Waals surface area contributed by atoms with Crippen LogP contribution in [0.4, 0.5) is 5.82 Å². The number of nitrogens with one attached hydrogen (secondary N) is 4. The van der Waals surface area contributed by atoms with Gasteiger partial charge in [0.05, 0.1) is 56.7 Å². The number of benzene rings is 1. The van der Waals surface area contributed by atoms with Crippen LogP contribution in [0.2, 0.25) is 0 Å². The SMILES string of the molecule is CC(C)(C)OC(=O)CCCCCCCCCCCCCCCOc1ccc(S(=O)(=O)Nc2ccc(C(=O)NCCCCCC(=O)NCCOCCOCC(=O)NCCOCCOCC(=O)O)cn2)cc1. The number of unbranched alkanes of at least 4 members (excludes halogenated alkanes) is 14. The van der Waals surface area contributed by atoms with Gasteiger partial charge in [-0.2, -0.15) is 0 Å². The predicted octanol–water partition coefficient (Wildman–Crippen LogP) is 6.74. The Morgan fingerprint density at radius 1 is 0.557 bits per heavy atom. The number of rotatable bonds is 43. The topological polar surface area (TPSA) is 256 Å². The first-order valence-corrected chi connectivity index (χ1v) is 26.4. The molecular formula is C50H81N5O14S. The van der Waals surface area contributed by atoms with E-state index in [1.54, 1.807) is 12.1 Å². The number of carbonyl (C=O) groups is 5. The van der Waals surface area contributed by atoms with Crippen LogP contribution in [0.15, 0.2) is 47.5 Å². The van der Waals surface area contributed by atoms with Gasteiger partial charge in [0, 0.05) is 38.7 Å². The number of aliphatic carboxylic acids is 1. The first-order chi connectivity index (χ1) is 33.6. The van der Waals surface area contributed by atoms with Crippen molar-refractivity contribution >= 4 is 45.5 Å². The van der Waals surface area contributed by atoms with Crippen LogP contribution in [0, 0.1) is 0 Å². The predicted molar refractivity (Wildman–Crippen MR) is 265 cm³/mol. The number of sulfonamides is 1. The monoisotopic (exact) mass is 1010 g/mol. The molecule has 0 atom stereocenters. The molecule has 0 aliphatic carbocycles. The lowest BCUT2D eigenvalue weighted by molar-refractivity contribution is -0.155. The average Bonchev–Trinajstić information content (AvgIpc) is 3.31. The lowest BCUT2D eigenvalue weighted by Gasteiger charge is -2.19. The molecule has 5 N–H and O–H groups in total. The number of amides is 3. The Bertz CT molecular complexity index is 1860. The molecule has 0 fully saturated rings.